The van der Waals surface area contributed by atoms with E-state index in [1.54, 1.807) is 11.8 Å². The molecule has 0 aliphatic rings. The number of thioether (sulfide) groups is 1. The van der Waals surface area contributed by atoms with E-state index in [9.17, 15) is 0 Å². The van der Waals surface area contributed by atoms with Crippen LogP contribution in [0.1, 0.15) is 18.3 Å². The van der Waals surface area contributed by atoms with Gasteiger partial charge in [0.25, 0.3) is 0 Å². The Hall–Kier alpha value is -0.230. The molecule has 0 spiro atoms. The minimum Gasteiger partial charge on any atom is -0.271 e. The minimum atomic E-state index is 0.229. The van der Waals surface area contributed by atoms with E-state index < -0.39 is 0 Å². The van der Waals surface area contributed by atoms with Crippen LogP contribution in [0.4, 0.5) is 0 Å². The van der Waals surface area contributed by atoms with E-state index >= 15 is 0 Å². The molecular formula is C10H19ClN4S. The predicted molar refractivity (Wildman–Crippen MR) is 70.8 cm³/mol. The molecule has 92 valence electrons. The Morgan fingerprint density at radius 2 is 2.31 bits per heavy atom. The first-order valence-corrected chi connectivity index (χ1v) is 7.06. The van der Waals surface area contributed by atoms with Gasteiger partial charge in [-0.3, -0.25) is 16.0 Å². The number of hydrazine groups is 1. The van der Waals surface area contributed by atoms with Gasteiger partial charge in [-0.15, -0.1) is 0 Å². The molecule has 1 heterocycles. The van der Waals surface area contributed by atoms with Crippen molar-refractivity contribution < 1.29 is 0 Å². The Balaban J connectivity index is 2.82. The fraction of sp³-hybridized carbons (Fsp3) is 0.700. The number of aromatic nitrogens is 2. The second-order valence-electron chi connectivity index (χ2n) is 3.71. The third-order valence-corrected chi connectivity index (χ3v) is 3.72. The van der Waals surface area contributed by atoms with Crippen LogP contribution in [-0.2, 0) is 19.9 Å². The van der Waals surface area contributed by atoms with E-state index in [0.29, 0.717) is 0 Å². The molecule has 0 radical (unpaired) electrons. The Morgan fingerprint density at radius 1 is 1.62 bits per heavy atom. The monoisotopic (exact) mass is 262 g/mol. The van der Waals surface area contributed by atoms with Crippen LogP contribution in [-0.4, -0.2) is 27.8 Å². The molecular weight excluding hydrogens is 244 g/mol. The summed E-state index contributed by atoms with van der Waals surface area (Å²) in [5, 5.41) is 5.17. The fourth-order valence-corrected chi connectivity index (χ4v) is 2.63. The van der Waals surface area contributed by atoms with Gasteiger partial charge in [-0.05, 0) is 12.7 Å². The zero-order valence-electron chi connectivity index (χ0n) is 9.96. The molecule has 6 heteroatoms. The summed E-state index contributed by atoms with van der Waals surface area (Å²) in [7, 11) is 1.92. The normalized spacial score (nSPS) is 13.1. The third kappa shape index (κ3) is 3.13. The van der Waals surface area contributed by atoms with Gasteiger partial charge < -0.3 is 0 Å². The van der Waals surface area contributed by atoms with Crippen molar-refractivity contribution in [1.82, 2.24) is 15.2 Å². The molecule has 4 nitrogen and oxygen atoms in total. The maximum Gasteiger partial charge on any atom is 0.0850 e. The summed E-state index contributed by atoms with van der Waals surface area (Å²) in [5.41, 5.74) is 4.82. The summed E-state index contributed by atoms with van der Waals surface area (Å²) in [6, 6.07) is 0.229. The van der Waals surface area contributed by atoms with Gasteiger partial charge in [0.05, 0.1) is 16.4 Å². The van der Waals surface area contributed by atoms with E-state index in [0.717, 1.165) is 35.0 Å². The molecule has 1 unspecified atom stereocenters. The number of aryl methyl sites for hydroxylation is 2. The fourth-order valence-electron chi connectivity index (χ4n) is 1.64. The second-order valence-corrected chi connectivity index (χ2v) is 5.00. The lowest BCUT2D eigenvalue weighted by molar-refractivity contribution is 0.551. The number of hydrogen-bond donors (Lipinski definition) is 2. The summed E-state index contributed by atoms with van der Waals surface area (Å²) in [6.07, 6.45) is 3.72. The standard InChI is InChI=1S/C10H19ClN4S/c1-4-8-10(11)9(15(2)14-8)5-7(13-12)6-16-3/h7,13H,4-6,12H2,1-3H3. The number of nitrogens with zero attached hydrogens (tertiary/aromatic N) is 2. The first-order valence-electron chi connectivity index (χ1n) is 5.29. The van der Waals surface area contributed by atoms with E-state index in [1.165, 1.54) is 0 Å². The number of hydrogen-bond acceptors (Lipinski definition) is 4. The van der Waals surface area contributed by atoms with Crippen LogP contribution in [0.2, 0.25) is 5.02 Å². The SMILES string of the molecule is CCc1nn(C)c(CC(CSC)NN)c1Cl. The Bertz CT molecular complexity index is 340. The van der Waals surface area contributed by atoms with Gasteiger partial charge >= 0.3 is 0 Å². The van der Waals surface area contributed by atoms with Crippen LogP contribution in [0.5, 0.6) is 0 Å². The molecule has 0 fully saturated rings. The smallest absolute Gasteiger partial charge is 0.0850 e. The van der Waals surface area contributed by atoms with Gasteiger partial charge in [0.15, 0.2) is 0 Å². The Morgan fingerprint density at radius 3 is 2.75 bits per heavy atom. The number of nitrogens with two attached hydrogens (primary N) is 1. The van der Waals surface area contributed by atoms with Gasteiger partial charge in [-0.2, -0.15) is 16.9 Å². The van der Waals surface area contributed by atoms with Crippen molar-refractivity contribution in [3.05, 3.63) is 16.4 Å². The van der Waals surface area contributed by atoms with Crippen LogP contribution >= 0.6 is 23.4 Å². The quantitative estimate of drug-likeness (QED) is 0.601. The van der Waals surface area contributed by atoms with Crippen molar-refractivity contribution in [3.8, 4) is 0 Å². The van der Waals surface area contributed by atoms with Crippen molar-refractivity contribution in [2.24, 2.45) is 12.9 Å². The number of halogens is 1. The average molecular weight is 263 g/mol. The van der Waals surface area contributed by atoms with Gasteiger partial charge in [0.2, 0.25) is 0 Å². The summed E-state index contributed by atoms with van der Waals surface area (Å²) in [5.74, 6) is 6.47. The number of nitrogens with one attached hydrogen (secondary N) is 1. The van der Waals surface area contributed by atoms with E-state index in [-0.39, 0.29) is 6.04 Å². The van der Waals surface area contributed by atoms with Crippen molar-refractivity contribution in [3.63, 3.8) is 0 Å². The molecule has 1 atom stereocenters. The van der Waals surface area contributed by atoms with E-state index in [2.05, 4.69) is 23.7 Å². The molecule has 0 saturated carbocycles. The van der Waals surface area contributed by atoms with Gasteiger partial charge in [-0.1, -0.05) is 18.5 Å². The highest BCUT2D eigenvalue weighted by molar-refractivity contribution is 7.98. The lowest BCUT2D eigenvalue weighted by Gasteiger charge is -2.14. The van der Waals surface area contributed by atoms with Crippen LogP contribution < -0.4 is 11.3 Å². The van der Waals surface area contributed by atoms with Crippen molar-refractivity contribution in [1.29, 1.82) is 0 Å². The second kappa shape index (κ2) is 6.49. The molecule has 16 heavy (non-hydrogen) atoms. The molecule has 1 aromatic rings. The maximum atomic E-state index is 6.27. The summed E-state index contributed by atoms with van der Waals surface area (Å²) in [4.78, 5) is 0. The molecule has 0 saturated heterocycles. The van der Waals surface area contributed by atoms with Crippen molar-refractivity contribution >= 4 is 23.4 Å². The highest BCUT2D eigenvalue weighted by atomic mass is 35.5. The average Bonchev–Trinajstić information content (AvgIpc) is 2.55. The van der Waals surface area contributed by atoms with Crippen molar-refractivity contribution in [2.45, 2.75) is 25.8 Å². The Kier molecular flexibility index (Phi) is 5.61. The molecule has 0 aliphatic heterocycles. The topological polar surface area (TPSA) is 55.9 Å². The summed E-state index contributed by atoms with van der Waals surface area (Å²) >= 11 is 8.03. The van der Waals surface area contributed by atoms with Gasteiger partial charge in [-0.25, -0.2) is 0 Å². The highest BCUT2D eigenvalue weighted by Gasteiger charge is 2.16. The van der Waals surface area contributed by atoms with Crippen molar-refractivity contribution in [2.75, 3.05) is 12.0 Å². The van der Waals surface area contributed by atoms with Gasteiger partial charge in [0.1, 0.15) is 0 Å². The van der Waals surface area contributed by atoms with E-state index in [4.69, 9.17) is 17.4 Å². The van der Waals surface area contributed by atoms with E-state index in [1.807, 2.05) is 11.7 Å². The Labute approximate surface area is 106 Å². The van der Waals surface area contributed by atoms with Crippen LogP contribution in [0.15, 0.2) is 0 Å². The molecule has 3 N–H and O–H groups in total. The summed E-state index contributed by atoms with van der Waals surface area (Å²) in [6.45, 7) is 2.05. The zero-order valence-corrected chi connectivity index (χ0v) is 11.5. The molecule has 1 aromatic heterocycles. The zero-order chi connectivity index (χ0) is 12.1. The highest BCUT2D eigenvalue weighted by Crippen LogP contribution is 2.22. The van der Waals surface area contributed by atoms with Crippen LogP contribution in [0, 0.1) is 0 Å². The lowest BCUT2D eigenvalue weighted by Crippen LogP contribution is -2.39. The van der Waals surface area contributed by atoms with Crippen LogP contribution in [0.25, 0.3) is 0 Å². The molecule has 0 aromatic carbocycles. The first-order chi connectivity index (χ1) is 7.63. The third-order valence-electron chi connectivity index (χ3n) is 2.55. The van der Waals surface area contributed by atoms with Crippen LogP contribution in [0.3, 0.4) is 0 Å². The molecule has 0 bridgehead atoms. The molecule has 1 rings (SSSR count). The number of rotatable bonds is 6. The predicted octanol–water partition coefficient (Wildman–Crippen LogP) is 1.37. The molecule has 0 amide bonds. The van der Waals surface area contributed by atoms with Gasteiger partial charge in [0, 0.05) is 25.3 Å². The lowest BCUT2D eigenvalue weighted by atomic mass is 10.1. The maximum absolute atomic E-state index is 6.27. The first kappa shape index (κ1) is 13.8. The minimum absolute atomic E-state index is 0.229. The summed E-state index contributed by atoms with van der Waals surface area (Å²) < 4.78 is 1.85. The molecule has 0 aliphatic carbocycles. The largest absolute Gasteiger partial charge is 0.271 e.